The van der Waals surface area contributed by atoms with E-state index in [4.69, 9.17) is 11.6 Å². The van der Waals surface area contributed by atoms with Gasteiger partial charge in [-0.15, -0.1) is 0 Å². The Morgan fingerprint density at radius 3 is 2.47 bits per heavy atom. The summed E-state index contributed by atoms with van der Waals surface area (Å²) >= 11 is 5.80. The van der Waals surface area contributed by atoms with Crippen LogP contribution in [0, 0.1) is 13.8 Å². The van der Waals surface area contributed by atoms with E-state index in [2.05, 4.69) is 18.3 Å². The van der Waals surface area contributed by atoms with Gasteiger partial charge >= 0.3 is 0 Å². The van der Waals surface area contributed by atoms with E-state index < -0.39 is 0 Å². The third-order valence-corrected chi connectivity index (χ3v) is 3.46. The smallest absolute Gasteiger partial charge is 0.181 e. The van der Waals surface area contributed by atoms with Crippen molar-refractivity contribution in [2.75, 3.05) is 11.9 Å². The minimum absolute atomic E-state index is 0.0533. The van der Waals surface area contributed by atoms with E-state index >= 15 is 0 Å². The summed E-state index contributed by atoms with van der Waals surface area (Å²) in [6, 6.07) is 13.0. The van der Waals surface area contributed by atoms with Crippen LogP contribution in [-0.2, 0) is 0 Å². The van der Waals surface area contributed by atoms with Crippen LogP contribution in [0.1, 0.15) is 21.5 Å². The van der Waals surface area contributed by atoms with E-state index in [1.165, 1.54) is 11.1 Å². The highest BCUT2D eigenvalue weighted by molar-refractivity contribution is 6.30. The lowest BCUT2D eigenvalue weighted by atomic mass is 10.1. The zero-order valence-electron chi connectivity index (χ0n) is 11.0. The molecule has 0 fully saturated rings. The molecule has 2 aromatic carbocycles. The van der Waals surface area contributed by atoms with E-state index in [1.807, 2.05) is 19.1 Å². The number of nitrogens with one attached hydrogen (secondary N) is 1. The number of benzene rings is 2. The van der Waals surface area contributed by atoms with Crippen LogP contribution >= 0.6 is 11.6 Å². The van der Waals surface area contributed by atoms with Crippen molar-refractivity contribution in [1.29, 1.82) is 0 Å². The van der Waals surface area contributed by atoms with Crippen LogP contribution in [-0.4, -0.2) is 12.3 Å². The second-order valence-corrected chi connectivity index (χ2v) is 4.97. The number of hydrogen-bond donors (Lipinski definition) is 1. The van der Waals surface area contributed by atoms with Gasteiger partial charge in [-0.25, -0.2) is 0 Å². The van der Waals surface area contributed by atoms with Crippen LogP contribution in [0.15, 0.2) is 42.5 Å². The fourth-order valence-corrected chi connectivity index (χ4v) is 1.98. The monoisotopic (exact) mass is 273 g/mol. The van der Waals surface area contributed by atoms with Crippen molar-refractivity contribution in [2.45, 2.75) is 13.8 Å². The highest BCUT2D eigenvalue weighted by Gasteiger charge is 2.06. The molecule has 0 aliphatic carbocycles. The van der Waals surface area contributed by atoms with E-state index in [9.17, 15) is 4.79 Å². The van der Waals surface area contributed by atoms with E-state index in [1.54, 1.807) is 24.3 Å². The normalized spacial score (nSPS) is 10.3. The zero-order chi connectivity index (χ0) is 13.8. The lowest BCUT2D eigenvalue weighted by Gasteiger charge is -2.10. The Kier molecular flexibility index (Phi) is 4.23. The van der Waals surface area contributed by atoms with Crippen LogP contribution < -0.4 is 5.32 Å². The number of ketones is 1. The summed E-state index contributed by atoms with van der Waals surface area (Å²) in [4.78, 5) is 12.0. The van der Waals surface area contributed by atoms with Crippen LogP contribution in [0.25, 0.3) is 0 Å². The third-order valence-electron chi connectivity index (χ3n) is 3.21. The van der Waals surface area contributed by atoms with Gasteiger partial charge in [0.2, 0.25) is 0 Å². The molecular weight excluding hydrogens is 258 g/mol. The number of rotatable bonds is 4. The second-order valence-electron chi connectivity index (χ2n) is 4.53. The molecule has 0 unspecified atom stereocenters. The number of hydrogen-bond acceptors (Lipinski definition) is 2. The summed E-state index contributed by atoms with van der Waals surface area (Å²) in [5.74, 6) is 0.0533. The number of carbonyl (C=O) groups excluding carboxylic acids is 1. The van der Waals surface area contributed by atoms with Crippen molar-refractivity contribution in [2.24, 2.45) is 0 Å². The Labute approximate surface area is 118 Å². The number of anilines is 1. The molecule has 0 spiro atoms. The molecule has 0 aromatic heterocycles. The SMILES string of the molecule is Cc1cccc(NCC(=O)c2ccc(Cl)cc2)c1C. The summed E-state index contributed by atoms with van der Waals surface area (Å²) in [7, 11) is 0. The molecule has 3 heteroatoms. The number of Topliss-reactive ketones (excluding diaryl/α,β-unsaturated/α-hetero) is 1. The van der Waals surface area contributed by atoms with Gasteiger partial charge in [0.1, 0.15) is 0 Å². The van der Waals surface area contributed by atoms with Crippen molar-refractivity contribution in [1.82, 2.24) is 0 Å². The summed E-state index contributed by atoms with van der Waals surface area (Å²) in [6.07, 6.45) is 0. The van der Waals surface area contributed by atoms with Crippen LogP contribution in [0.4, 0.5) is 5.69 Å². The zero-order valence-corrected chi connectivity index (χ0v) is 11.8. The molecule has 0 amide bonds. The molecule has 0 radical (unpaired) electrons. The molecule has 0 bridgehead atoms. The first-order valence-electron chi connectivity index (χ1n) is 6.17. The number of aryl methyl sites for hydroxylation is 1. The molecule has 2 nitrogen and oxygen atoms in total. The predicted molar refractivity (Wildman–Crippen MR) is 80.2 cm³/mol. The van der Waals surface area contributed by atoms with Gasteiger partial charge in [-0.3, -0.25) is 4.79 Å². The minimum atomic E-state index is 0.0533. The summed E-state index contributed by atoms with van der Waals surface area (Å²) in [5, 5.41) is 3.82. The standard InChI is InChI=1S/C16H16ClNO/c1-11-4-3-5-15(12(11)2)18-10-16(19)13-6-8-14(17)9-7-13/h3-9,18H,10H2,1-2H3. The predicted octanol–water partition coefficient (Wildman–Crippen LogP) is 4.25. The topological polar surface area (TPSA) is 29.1 Å². The van der Waals surface area contributed by atoms with Crippen molar-refractivity contribution >= 4 is 23.1 Å². The summed E-state index contributed by atoms with van der Waals surface area (Å²) in [6.45, 7) is 4.39. The lowest BCUT2D eigenvalue weighted by Crippen LogP contribution is -2.14. The molecule has 0 aliphatic rings. The highest BCUT2D eigenvalue weighted by Crippen LogP contribution is 2.18. The molecule has 0 heterocycles. The van der Waals surface area contributed by atoms with Gasteiger partial charge in [-0.05, 0) is 55.3 Å². The molecule has 0 aliphatic heterocycles. The van der Waals surface area contributed by atoms with Crippen LogP contribution in [0.5, 0.6) is 0 Å². The number of halogens is 1. The quantitative estimate of drug-likeness (QED) is 0.844. The van der Waals surface area contributed by atoms with Crippen molar-refractivity contribution in [3.05, 3.63) is 64.2 Å². The van der Waals surface area contributed by atoms with Crippen molar-refractivity contribution in [3.63, 3.8) is 0 Å². The Bertz CT molecular complexity index is 590. The molecule has 0 saturated heterocycles. The van der Waals surface area contributed by atoms with Gasteiger partial charge in [0.05, 0.1) is 6.54 Å². The van der Waals surface area contributed by atoms with Gasteiger partial charge in [0.15, 0.2) is 5.78 Å². The maximum absolute atomic E-state index is 12.0. The van der Waals surface area contributed by atoms with Gasteiger partial charge in [-0.1, -0.05) is 23.7 Å². The molecule has 19 heavy (non-hydrogen) atoms. The van der Waals surface area contributed by atoms with Crippen molar-refractivity contribution < 1.29 is 4.79 Å². The number of carbonyl (C=O) groups is 1. The molecule has 2 rings (SSSR count). The van der Waals surface area contributed by atoms with Crippen LogP contribution in [0.3, 0.4) is 0 Å². The first kappa shape index (κ1) is 13.6. The van der Waals surface area contributed by atoms with Gasteiger partial charge in [0.25, 0.3) is 0 Å². The molecular formula is C16H16ClNO. The molecule has 98 valence electrons. The first-order valence-corrected chi connectivity index (χ1v) is 6.54. The van der Waals surface area contributed by atoms with E-state index in [-0.39, 0.29) is 12.3 Å². The lowest BCUT2D eigenvalue weighted by molar-refractivity contribution is 0.101. The Balaban J connectivity index is 2.04. The molecule has 0 saturated carbocycles. The van der Waals surface area contributed by atoms with E-state index in [0.29, 0.717) is 10.6 Å². The fraction of sp³-hybridized carbons (Fsp3) is 0.188. The molecule has 2 aromatic rings. The van der Waals surface area contributed by atoms with Gasteiger partial charge in [-0.2, -0.15) is 0 Å². The second kappa shape index (κ2) is 5.89. The molecule has 0 atom stereocenters. The maximum Gasteiger partial charge on any atom is 0.181 e. The van der Waals surface area contributed by atoms with E-state index in [0.717, 1.165) is 5.69 Å². The molecule has 1 N–H and O–H groups in total. The summed E-state index contributed by atoms with van der Waals surface area (Å²) < 4.78 is 0. The van der Waals surface area contributed by atoms with Gasteiger partial charge in [0, 0.05) is 16.3 Å². The summed E-state index contributed by atoms with van der Waals surface area (Å²) in [5.41, 5.74) is 4.06. The minimum Gasteiger partial charge on any atom is -0.377 e. The Hall–Kier alpha value is -1.80. The third kappa shape index (κ3) is 3.36. The fourth-order valence-electron chi connectivity index (χ4n) is 1.86. The maximum atomic E-state index is 12.0. The Morgan fingerprint density at radius 1 is 1.11 bits per heavy atom. The average molecular weight is 274 g/mol. The largest absolute Gasteiger partial charge is 0.377 e. The first-order chi connectivity index (χ1) is 9.08. The Morgan fingerprint density at radius 2 is 1.79 bits per heavy atom. The van der Waals surface area contributed by atoms with Crippen LogP contribution in [0.2, 0.25) is 5.02 Å². The average Bonchev–Trinajstić information content (AvgIpc) is 2.41. The van der Waals surface area contributed by atoms with Crippen molar-refractivity contribution in [3.8, 4) is 0 Å². The van der Waals surface area contributed by atoms with Gasteiger partial charge < -0.3 is 5.32 Å². The highest BCUT2D eigenvalue weighted by atomic mass is 35.5.